The second-order valence-electron chi connectivity index (χ2n) is 5.85. The lowest BCUT2D eigenvalue weighted by Crippen LogP contribution is -2.12. The van der Waals surface area contributed by atoms with Crippen LogP contribution in [0, 0.1) is 0 Å². The van der Waals surface area contributed by atoms with Gasteiger partial charge in [0.05, 0.1) is 5.56 Å². The van der Waals surface area contributed by atoms with Gasteiger partial charge in [-0.15, -0.1) is 0 Å². The van der Waals surface area contributed by atoms with Crippen LogP contribution in [0.15, 0.2) is 72.8 Å². The van der Waals surface area contributed by atoms with Gasteiger partial charge in [0, 0.05) is 16.5 Å². The lowest BCUT2D eigenvalue weighted by Gasteiger charge is -2.11. The summed E-state index contributed by atoms with van der Waals surface area (Å²) < 4.78 is 0. The quantitative estimate of drug-likeness (QED) is 0.501. The number of benzene rings is 4. The zero-order valence-corrected chi connectivity index (χ0v) is 13.2. The molecule has 0 spiro atoms. The number of rotatable bonds is 2. The molecule has 0 heterocycles. The van der Waals surface area contributed by atoms with Crippen molar-refractivity contribution in [2.45, 2.75) is 0 Å². The van der Waals surface area contributed by atoms with Gasteiger partial charge in [0.1, 0.15) is 11.5 Å². The normalized spacial score (nSPS) is 10.9. The predicted octanol–water partition coefficient (Wildman–Crippen LogP) is 4.66. The molecule has 122 valence electrons. The van der Waals surface area contributed by atoms with E-state index in [1.54, 1.807) is 42.5 Å². The molecule has 0 radical (unpaired) electrons. The standard InChI is InChI=1S/C21H15NO3/c23-19-10-4-7-15-16(19)8-3-9-18(15)22-21(25)17-11-13-5-1-2-6-14(13)12-20(17)24/h1-12,23-24H,(H,22,25). The Morgan fingerprint density at radius 3 is 2.20 bits per heavy atom. The van der Waals surface area contributed by atoms with Crippen LogP contribution >= 0.6 is 0 Å². The third-order valence-electron chi connectivity index (χ3n) is 4.26. The molecule has 25 heavy (non-hydrogen) atoms. The van der Waals surface area contributed by atoms with E-state index >= 15 is 0 Å². The first-order chi connectivity index (χ1) is 12.1. The van der Waals surface area contributed by atoms with Crippen molar-refractivity contribution in [3.8, 4) is 11.5 Å². The first-order valence-electron chi connectivity index (χ1n) is 7.87. The zero-order chi connectivity index (χ0) is 17.4. The van der Waals surface area contributed by atoms with Crippen LogP contribution in [0.1, 0.15) is 10.4 Å². The monoisotopic (exact) mass is 329 g/mol. The van der Waals surface area contributed by atoms with Crippen molar-refractivity contribution >= 4 is 33.1 Å². The predicted molar refractivity (Wildman–Crippen MR) is 99.2 cm³/mol. The summed E-state index contributed by atoms with van der Waals surface area (Å²) in [7, 11) is 0. The molecular weight excluding hydrogens is 314 g/mol. The van der Waals surface area contributed by atoms with E-state index in [9.17, 15) is 15.0 Å². The summed E-state index contributed by atoms with van der Waals surface area (Å²) in [6, 6.07) is 21.2. The molecule has 0 aliphatic carbocycles. The van der Waals surface area contributed by atoms with E-state index in [1.165, 1.54) is 0 Å². The van der Waals surface area contributed by atoms with Crippen LogP contribution in [0.4, 0.5) is 5.69 Å². The molecule has 0 aromatic heterocycles. The number of carbonyl (C=O) groups is 1. The fourth-order valence-corrected chi connectivity index (χ4v) is 3.00. The average Bonchev–Trinajstić information content (AvgIpc) is 2.62. The highest BCUT2D eigenvalue weighted by Gasteiger charge is 2.14. The van der Waals surface area contributed by atoms with E-state index in [2.05, 4.69) is 5.32 Å². The molecule has 4 aromatic carbocycles. The van der Waals surface area contributed by atoms with Gasteiger partial charge in [-0.3, -0.25) is 4.79 Å². The maximum absolute atomic E-state index is 12.7. The van der Waals surface area contributed by atoms with Crippen LogP contribution in [-0.4, -0.2) is 16.1 Å². The minimum absolute atomic E-state index is 0.0701. The number of aromatic hydroxyl groups is 2. The van der Waals surface area contributed by atoms with Gasteiger partial charge in [0.25, 0.3) is 5.91 Å². The SMILES string of the molecule is O=C(Nc1cccc2c(O)cccc12)c1cc2ccccc2cc1O. The Kier molecular flexibility index (Phi) is 3.51. The first kappa shape index (κ1) is 15.0. The Balaban J connectivity index is 1.76. The number of nitrogens with one attached hydrogen (secondary N) is 1. The highest BCUT2D eigenvalue weighted by molar-refractivity contribution is 6.12. The van der Waals surface area contributed by atoms with E-state index in [-0.39, 0.29) is 17.1 Å². The molecule has 0 aliphatic rings. The third kappa shape index (κ3) is 2.64. The number of carbonyl (C=O) groups excluding carboxylic acids is 1. The van der Waals surface area contributed by atoms with Crippen molar-refractivity contribution in [1.29, 1.82) is 0 Å². The van der Waals surface area contributed by atoms with E-state index in [0.29, 0.717) is 11.1 Å². The fraction of sp³-hybridized carbons (Fsp3) is 0. The van der Waals surface area contributed by atoms with Crippen LogP contribution in [0.5, 0.6) is 11.5 Å². The van der Waals surface area contributed by atoms with Gasteiger partial charge < -0.3 is 15.5 Å². The molecule has 0 unspecified atom stereocenters. The summed E-state index contributed by atoms with van der Waals surface area (Å²) in [5.74, 6) is -0.319. The Hall–Kier alpha value is -3.53. The van der Waals surface area contributed by atoms with Crippen LogP contribution < -0.4 is 5.32 Å². The minimum atomic E-state index is -0.404. The number of anilines is 1. The highest BCUT2D eigenvalue weighted by Crippen LogP contribution is 2.31. The van der Waals surface area contributed by atoms with Crippen molar-refractivity contribution in [3.63, 3.8) is 0 Å². The molecule has 4 aromatic rings. The Bertz CT molecular complexity index is 1120. The van der Waals surface area contributed by atoms with Crippen LogP contribution in [0.25, 0.3) is 21.5 Å². The van der Waals surface area contributed by atoms with Crippen molar-refractivity contribution in [3.05, 3.63) is 78.4 Å². The van der Waals surface area contributed by atoms with Gasteiger partial charge in [0.15, 0.2) is 0 Å². The van der Waals surface area contributed by atoms with Crippen LogP contribution in [0.3, 0.4) is 0 Å². The number of amides is 1. The molecule has 0 saturated carbocycles. The van der Waals surface area contributed by atoms with Crippen LogP contribution in [-0.2, 0) is 0 Å². The Labute approximate surface area is 144 Å². The van der Waals surface area contributed by atoms with E-state index < -0.39 is 5.91 Å². The molecule has 4 rings (SSSR count). The van der Waals surface area contributed by atoms with Gasteiger partial charge in [0.2, 0.25) is 0 Å². The van der Waals surface area contributed by atoms with Crippen molar-refractivity contribution in [2.75, 3.05) is 5.32 Å². The summed E-state index contributed by atoms with van der Waals surface area (Å²) in [5, 5.41) is 26.1. The van der Waals surface area contributed by atoms with E-state index in [0.717, 1.165) is 16.2 Å². The number of hydrogen-bond acceptors (Lipinski definition) is 3. The van der Waals surface area contributed by atoms with Gasteiger partial charge in [-0.25, -0.2) is 0 Å². The molecule has 0 fully saturated rings. The largest absolute Gasteiger partial charge is 0.507 e. The van der Waals surface area contributed by atoms with Crippen molar-refractivity contribution < 1.29 is 15.0 Å². The van der Waals surface area contributed by atoms with Gasteiger partial charge >= 0.3 is 0 Å². The summed E-state index contributed by atoms with van der Waals surface area (Å²) >= 11 is 0. The second-order valence-corrected chi connectivity index (χ2v) is 5.85. The molecule has 3 N–H and O–H groups in total. The lowest BCUT2D eigenvalue weighted by atomic mass is 10.0. The lowest BCUT2D eigenvalue weighted by molar-refractivity contribution is 0.102. The fourth-order valence-electron chi connectivity index (χ4n) is 3.00. The molecule has 0 bridgehead atoms. The topological polar surface area (TPSA) is 69.6 Å². The smallest absolute Gasteiger partial charge is 0.259 e. The molecule has 0 aliphatic heterocycles. The van der Waals surface area contributed by atoms with Crippen molar-refractivity contribution in [1.82, 2.24) is 0 Å². The van der Waals surface area contributed by atoms with Crippen molar-refractivity contribution in [2.24, 2.45) is 0 Å². The average molecular weight is 329 g/mol. The summed E-state index contributed by atoms with van der Waals surface area (Å²) in [6.45, 7) is 0. The summed E-state index contributed by atoms with van der Waals surface area (Å²) in [6.07, 6.45) is 0. The number of phenols is 2. The summed E-state index contributed by atoms with van der Waals surface area (Å²) in [5.41, 5.74) is 0.779. The maximum Gasteiger partial charge on any atom is 0.259 e. The molecule has 0 saturated heterocycles. The van der Waals surface area contributed by atoms with Gasteiger partial charge in [-0.1, -0.05) is 48.5 Å². The number of phenolic OH excluding ortho intramolecular Hbond substituents is 2. The molecule has 1 amide bonds. The minimum Gasteiger partial charge on any atom is -0.507 e. The Morgan fingerprint density at radius 2 is 1.40 bits per heavy atom. The van der Waals surface area contributed by atoms with Gasteiger partial charge in [-0.2, -0.15) is 0 Å². The second kappa shape index (κ2) is 5.83. The van der Waals surface area contributed by atoms with E-state index in [1.807, 2.05) is 30.3 Å². The Morgan fingerprint density at radius 1 is 0.720 bits per heavy atom. The van der Waals surface area contributed by atoms with Crippen LogP contribution in [0.2, 0.25) is 0 Å². The summed E-state index contributed by atoms with van der Waals surface area (Å²) in [4.78, 5) is 12.7. The molecular formula is C21H15NO3. The molecule has 4 heteroatoms. The third-order valence-corrected chi connectivity index (χ3v) is 4.26. The number of hydrogen-bond donors (Lipinski definition) is 3. The zero-order valence-electron chi connectivity index (χ0n) is 13.2. The van der Waals surface area contributed by atoms with Gasteiger partial charge in [-0.05, 0) is 35.0 Å². The van der Waals surface area contributed by atoms with E-state index in [4.69, 9.17) is 0 Å². The highest BCUT2D eigenvalue weighted by atomic mass is 16.3. The number of fused-ring (bicyclic) bond motifs is 2. The maximum atomic E-state index is 12.7. The molecule has 4 nitrogen and oxygen atoms in total. The molecule has 0 atom stereocenters. The first-order valence-corrected chi connectivity index (χ1v) is 7.87.